The zero-order chi connectivity index (χ0) is 17.3. The predicted molar refractivity (Wildman–Crippen MR) is 114 cm³/mol. The third kappa shape index (κ3) is 7.11. The Labute approximate surface area is 168 Å². The van der Waals surface area contributed by atoms with Crippen molar-refractivity contribution in [3.8, 4) is 0 Å². The standard InChI is InChI=1S/C19H31N3O2.HI/c1-3-20-18(21-13-16(2)17-7-5-4-6-8-17)22-14-19(9-11-23)10-12-24-15-19;/h4-8,16,23H,3,9-15H2,1-2H3,(H2,20,21,22);1H. The summed E-state index contributed by atoms with van der Waals surface area (Å²) in [5.41, 5.74) is 1.31. The second-order valence-electron chi connectivity index (χ2n) is 6.66. The molecule has 0 aromatic heterocycles. The highest BCUT2D eigenvalue weighted by molar-refractivity contribution is 14.0. The van der Waals surface area contributed by atoms with Crippen molar-refractivity contribution in [1.29, 1.82) is 0 Å². The number of hydrogen-bond donors (Lipinski definition) is 3. The fourth-order valence-corrected chi connectivity index (χ4v) is 3.03. The van der Waals surface area contributed by atoms with Gasteiger partial charge in [-0.05, 0) is 31.2 Å². The number of nitrogens with zero attached hydrogens (tertiary/aromatic N) is 1. The summed E-state index contributed by atoms with van der Waals surface area (Å²) in [7, 11) is 0. The average molecular weight is 461 g/mol. The Balaban J connectivity index is 0.00000312. The van der Waals surface area contributed by atoms with Gasteiger partial charge in [0.05, 0.1) is 13.2 Å². The molecule has 0 radical (unpaired) electrons. The molecule has 5 nitrogen and oxygen atoms in total. The minimum absolute atomic E-state index is 0. The highest BCUT2D eigenvalue weighted by atomic mass is 127. The molecule has 142 valence electrons. The van der Waals surface area contributed by atoms with Crippen molar-refractivity contribution in [1.82, 2.24) is 10.6 Å². The van der Waals surface area contributed by atoms with Gasteiger partial charge in [0.1, 0.15) is 0 Å². The van der Waals surface area contributed by atoms with Crippen molar-refractivity contribution in [2.45, 2.75) is 32.6 Å². The summed E-state index contributed by atoms with van der Waals surface area (Å²) in [6.45, 7) is 8.27. The van der Waals surface area contributed by atoms with Crippen LogP contribution in [0.15, 0.2) is 35.3 Å². The van der Waals surface area contributed by atoms with E-state index in [0.717, 1.165) is 38.5 Å². The number of halogens is 1. The van der Waals surface area contributed by atoms with Crippen LogP contribution in [0.3, 0.4) is 0 Å². The van der Waals surface area contributed by atoms with Crippen molar-refractivity contribution in [3.05, 3.63) is 35.9 Å². The van der Waals surface area contributed by atoms with E-state index in [1.165, 1.54) is 5.56 Å². The van der Waals surface area contributed by atoms with Crippen LogP contribution in [0.5, 0.6) is 0 Å². The zero-order valence-electron chi connectivity index (χ0n) is 15.3. The SMILES string of the molecule is CCNC(=NCC1(CCO)CCOC1)NCC(C)c1ccccc1.I. The molecule has 2 rings (SSSR count). The third-order valence-electron chi connectivity index (χ3n) is 4.69. The third-order valence-corrected chi connectivity index (χ3v) is 4.69. The Bertz CT molecular complexity index is 505. The number of rotatable bonds is 8. The number of hydrogen-bond acceptors (Lipinski definition) is 3. The molecular weight excluding hydrogens is 429 g/mol. The molecule has 25 heavy (non-hydrogen) atoms. The van der Waals surface area contributed by atoms with Crippen molar-refractivity contribution in [2.75, 3.05) is 39.5 Å². The van der Waals surface area contributed by atoms with Crippen LogP contribution in [0.1, 0.15) is 38.2 Å². The molecule has 1 aliphatic heterocycles. The molecule has 2 unspecified atom stereocenters. The Hall–Kier alpha value is -0.860. The summed E-state index contributed by atoms with van der Waals surface area (Å²) in [6.07, 6.45) is 1.72. The molecule has 1 saturated heterocycles. The molecule has 1 heterocycles. The van der Waals surface area contributed by atoms with E-state index in [-0.39, 0.29) is 36.0 Å². The molecule has 6 heteroatoms. The van der Waals surface area contributed by atoms with E-state index in [9.17, 15) is 5.11 Å². The van der Waals surface area contributed by atoms with Crippen LogP contribution in [-0.4, -0.2) is 50.5 Å². The number of aliphatic hydroxyl groups excluding tert-OH is 1. The smallest absolute Gasteiger partial charge is 0.191 e. The maximum atomic E-state index is 9.33. The van der Waals surface area contributed by atoms with E-state index in [2.05, 4.69) is 48.7 Å². The van der Waals surface area contributed by atoms with Gasteiger partial charge in [-0.3, -0.25) is 4.99 Å². The normalized spacial score (nSPS) is 21.5. The van der Waals surface area contributed by atoms with Gasteiger partial charge in [0.2, 0.25) is 0 Å². The number of benzene rings is 1. The van der Waals surface area contributed by atoms with E-state index < -0.39 is 0 Å². The first-order valence-electron chi connectivity index (χ1n) is 8.95. The molecule has 0 bridgehead atoms. The molecule has 0 spiro atoms. The van der Waals surface area contributed by atoms with Crippen molar-refractivity contribution >= 4 is 29.9 Å². The van der Waals surface area contributed by atoms with Gasteiger partial charge in [-0.25, -0.2) is 0 Å². The Kier molecular flexibility index (Phi) is 10.4. The zero-order valence-corrected chi connectivity index (χ0v) is 17.7. The van der Waals surface area contributed by atoms with Crippen LogP contribution >= 0.6 is 24.0 Å². The highest BCUT2D eigenvalue weighted by Crippen LogP contribution is 2.32. The molecule has 3 N–H and O–H groups in total. The fourth-order valence-electron chi connectivity index (χ4n) is 3.03. The summed E-state index contributed by atoms with van der Waals surface area (Å²) in [6, 6.07) is 10.5. The maximum Gasteiger partial charge on any atom is 0.191 e. The summed E-state index contributed by atoms with van der Waals surface area (Å²) >= 11 is 0. The van der Waals surface area contributed by atoms with Gasteiger partial charge in [-0.2, -0.15) is 0 Å². The van der Waals surface area contributed by atoms with Gasteiger partial charge < -0.3 is 20.5 Å². The second kappa shape index (κ2) is 11.7. The molecule has 1 aromatic carbocycles. The molecule has 2 atom stereocenters. The summed E-state index contributed by atoms with van der Waals surface area (Å²) in [5, 5.41) is 16.1. The van der Waals surface area contributed by atoms with Crippen molar-refractivity contribution in [2.24, 2.45) is 10.4 Å². The van der Waals surface area contributed by atoms with Crippen LogP contribution in [0.25, 0.3) is 0 Å². The van der Waals surface area contributed by atoms with Gasteiger partial charge in [0.15, 0.2) is 5.96 Å². The van der Waals surface area contributed by atoms with Crippen LogP contribution in [0, 0.1) is 5.41 Å². The lowest BCUT2D eigenvalue weighted by Crippen LogP contribution is -2.40. The quantitative estimate of drug-likeness (QED) is 0.317. The fraction of sp³-hybridized carbons (Fsp3) is 0.632. The average Bonchev–Trinajstić information content (AvgIpc) is 3.07. The Morgan fingerprint density at radius 1 is 1.32 bits per heavy atom. The summed E-state index contributed by atoms with van der Waals surface area (Å²) < 4.78 is 5.54. The molecule has 0 amide bonds. The summed E-state index contributed by atoms with van der Waals surface area (Å²) in [4.78, 5) is 4.76. The first-order valence-corrected chi connectivity index (χ1v) is 8.95. The largest absolute Gasteiger partial charge is 0.396 e. The van der Waals surface area contributed by atoms with Gasteiger partial charge in [0.25, 0.3) is 0 Å². The van der Waals surface area contributed by atoms with Crippen LogP contribution in [-0.2, 0) is 4.74 Å². The van der Waals surface area contributed by atoms with Gasteiger partial charge in [0, 0.05) is 31.7 Å². The number of aliphatic imine (C=N–C) groups is 1. The van der Waals surface area contributed by atoms with Gasteiger partial charge in [-0.1, -0.05) is 37.3 Å². The lowest BCUT2D eigenvalue weighted by molar-refractivity contribution is 0.131. The molecular formula is C19H32IN3O2. The van der Waals surface area contributed by atoms with E-state index in [1.54, 1.807) is 0 Å². The van der Waals surface area contributed by atoms with E-state index in [1.807, 2.05) is 6.07 Å². The van der Waals surface area contributed by atoms with Crippen molar-refractivity contribution in [3.63, 3.8) is 0 Å². The van der Waals surface area contributed by atoms with E-state index in [0.29, 0.717) is 19.1 Å². The molecule has 0 aliphatic carbocycles. The maximum absolute atomic E-state index is 9.33. The molecule has 1 aliphatic rings. The number of aliphatic hydroxyl groups is 1. The van der Waals surface area contributed by atoms with E-state index >= 15 is 0 Å². The first kappa shape index (κ1) is 22.2. The minimum Gasteiger partial charge on any atom is -0.396 e. The molecule has 0 saturated carbocycles. The lowest BCUT2D eigenvalue weighted by Gasteiger charge is -2.25. The van der Waals surface area contributed by atoms with Gasteiger partial charge >= 0.3 is 0 Å². The predicted octanol–water partition coefficient (Wildman–Crippen LogP) is 2.75. The minimum atomic E-state index is -0.0118. The number of guanidine groups is 1. The monoisotopic (exact) mass is 461 g/mol. The molecule has 1 fully saturated rings. The first-order chi connectivity index (χ1) is 11.7. The Morgan fingerprint density at radius 2 is 2.08 bits per heavy atom. The number of ether oxygens (including phenoxy) is 1. The highest BCUT2D eigenvalue weighted by Gasteiger charge is 2.34. The lowest BCUT2D eigenvalue weighted by atomic mass is 9.84. The van der Waals surface area contributed by atoms with Crippen LogP contribution < -0.4 is 10.6 Å². The van der Waals surface area contributed by atoms with Crippen LogP contribution in [0.4, 0.5) is 0 Å². The number of nitrogens with one attached hydrogen (secondary N) is 2. The Morgan fingerprint density at radius 3 is 2.68 bits per heavy atom. The molecule has 1 aromatic rings. The topological polar surface area (TPSA) is 65.9 Å². The van der Waals surface area contributed by atoms with Gasteiger partial charge in [-0.15, -0.1) is 24.0 Å². The second-order valence-corrected chi connectivity index (χ2v) is 6.66. The van der Waals surface area contributed by atoms with Crippen LogP contribution in [0.2, 0.25) is 0 Å². The van der Waals surface area contributed by atoms with Crippen molar-refractivity contribution < 1.29 is 9.84 Å². The van der Waals surface area contributed by atoms with E-state index in [4.69, 9.17) is 9.73 Å². The summed E-state index contributed by atoms with van der Waals surface area (Å²) in [5.74, 6) is 1.25.